The van der Waals surface area contributed by atoms with Crippen molar-refractivity contribution >= 4 is 17.8 Å². The van der Waals surface area contributed by atoms with E-state index in [0.29, 0.717) is 36.9 Å². The molecule has 0 amide bonds. The molecule has 7 nitrogen and oxygen atoms in total. The maximum absolute atomic E-state index is 8.80. The highest BCUT2D eigenvalue weighted by Crippen LogP contribution is 2.30. The van der Waals surface area contributed by atoms with Crippen molar-refractivity contribution in [3.8, 4) is 6.07 Å². The van der Waals surface area contributed by atoms with Crippen LogP contribution in [0.2, 0.25) is 0 Å². The van der Waals surface area contributed by atoms with E-state index in [1.807, 2.05) is 25.9 Å². The smallest absolute Gasteiger partial charge is 0.232 e. The molecule has 0 radical (unpaired) electrons. The fraction of sp³-hybridized carbons (Fsp3) is 0.692. The SMILES string of the molecule is CCNc1nc(N(C)C)nc(N(CCC#N)C2CC2)n1. The van der Waals surface area contributed by atoms with Crippen LogP contribution in [0.15, 0.2) is 0 Å². The number of rotatable bonds is 7. The molecule has 0 aliphatic heterocycles. The molecule has 0 saturated heterocycles. The van der Waals surface area contributed by atoms with E-state index in [0.717, 1.165) is 19.4 Å². The van der Waals surface area contributed by atoms with Crippen molar-refractivity contribution in [3.63, 3.8) is 0 Å². The van der Waals surface area contributed by atoms with Crippen LogP contribution >= 0.6 is 0 Å². The van der Waals surface area contributed by atoms with Crippen molar-refractivity contribution in [2.45, 2.75) is 32.2 Å². The first-order valence-corrected chi connectivity index (χ1v) is 6.96. The molecule has 1 aromatic heterocycles. The molecule has 1 N–H and O–H groups in total. The van der Waals surface area contributed by atoms with Gasteiger partial charge in [-0.2, -0.15) is 20.2 Å². The number of hydrogen-bond donors (Lipinski definition) is 1. The Balaban J connectivity index is 2.29. The summed E-state index contributed by atoms with van der Waals surface area (Å²) in [4.78, 5) is 17.3. The number of aromatic nitrogens is 3. The van der Waals surface area contributed by atoms with Crippen LogP contribution in [0.5, 0.6) is 0 Å². The highest BCUT2D eigenvalue weighted by Gasteiger charge is 2.31. The van der Waals surface area contributed by atoms with Crippen LogP contribution in [0, 0.1) is 11.3 Å². The zero-order valence-electron chi connectivity index (χ0n) is 12.3. The first-order valence-electron chi connectivity index (χ1n) is 6.96. The van der Waals surface area contributed by atoms with Crippen molar-refractivity contribution in [3.05, 3.63) is 0 Å². The molecule has 20 heavy (non-hydrogen) atoms. The Morgan fingerprint density at radius 3 is 2.50 bits per heavy atom. The Morgan fingerprint density at radius 2 is 1.95 bits per heavy atom. The van der Waals surface area contributed by atoms with Crippen molar-refractivity contribution in [1.29, 1.82) is 5.26 Å². The maximum Gasteiger partial charge on any atom is 0.232 e. The lowest BCUT2D eigenvalue weighted by molar-refractivity contribution is 0.752. The van der Waals surface area contributed by atoms with Gasteiger partial charge < -0.3 is 15.1 Å². The molecule has 0 aromatic carbocycles. The molecule has 0 unspecified atom stereocenters. The zero-order chi connectivity index (χ0) is 14.5. The summed E-state index contributed by atoms with van der Waals surface area (Å²) in [7, 11) is 3.82. The molecule has 1 aromatic rings. The molecule has 7 heteroatoms. The van der Waals surface area contributed by atoms with E-state index in [4.69, 9.17) is 5.26 Å². The van der Waals surface area contributed by atoms with E-state index in [9.17, 15) is 0 Å². The third-order valence-corrected chi connectivity index (χ3v) is 3.06. The lowest BCUT2D eigenvalue weighted by atomic mass is 10.4. The summed E-state index contributed by atoms with van der Waals surface area (Å²) in [5, 5.41) is 11.9. The highest BCUT2D eigenvalue weighted by atomic mass is 15.4. The summed E-state index contributed by atoms with van der Waals surface area (Å²) in [5.74, 6) is 1.88. The summed E-state index contributed by atoms with van der Waals surface area (Å²) in [6.07, 6.45) is 2.77. The molecule has 1 aliphatic rings. The number of nitriles is 1. The second-order valence-corrected chi connectivity index (χ2v) is 5.02. The van der Waals surface area contributed by atoms with Crippen LogP contribution in [0.1, 0.15) is 26.2 Å². The Kier molecular flexibility index (Phi) is 4.56. The van der Waals surface area contributed by atoms with Gasteiger partial charge in [-0.05, 0) is 19.8 Å². The van der Waals surface area contributed by atoms with Gasteiger partial charge in [-0.1, -0.05) is 0 Å². The topological polar surface area (TPSA) is 81.0 Å². The minimum absolute atomic E-state index is 0.468. The number of nitrogens with one attached hydrogen (secondary N) is 1. The van der Waals surface area contributed by atoms with Gasteiger partial charge in [0.05, 0.1) is 12.5 Å². The third kappa shape index (κ3) is 3.47. The second-order valence-electron chi connectivity index (χ2n) is 5.02. The van der Waals surface area contributed by atoms with Gasteiger partial charge in [0.25, 0.3) is 0 Å². The average Bonchev–Trinajstić information content (AvgIpc) is 3.24. The molecular weight excluding hydrogens is 254 g/mol. The summed E-state index contributed by atoms with van der Waals surface area (Å²) in [6, 6.07) is 2.66. The van der Waals surface area contributed by atoms with Gasteiger partial charge in [0.15, 0.2) is 0 Å². The Labute approximate surface area is 119 Å². The largest absolute Gasteiger partial charge is 0.354 e. The van der Waals surface area contributed by atoms with E-state index in [1.54, 1.807) is 0 Å². The average molecular weight is 275 g/mol. The zero-order valence-corrected chi connectivity index (χ0v) is 12.3. The Bertz CT molecular complexity index is 490. The minimum Gasteiger partial charge on any atom is -0.354 e. The number of hydrogen-bond acceptors (Lipinski definition) is 7. The molecule has 1 heterocycles. The van der Waals surface area contributed by atoms with E-state index >= 15 is 0 Å². The number of nitrogens with zero attached hydrogens (tertiary/aromatic N) is 6. The molecule has 0 atom stereocenters. The molecule has 0 bridgehead atoms. The van der Waals surface area contributed by atoms with Gasteiger partial charge in [0, 0.05) is 33.2 Å². The van der Waals surface area contributed by atoms with Crippen LogP contribution in [0.25, 0.3) is 0 Å². The fourth-order valence-electron chi connectivity index (χ4n) is 1.92. The van der Waals surface area contributed by atoms with E-state index in [-0.39, 0.29) is 0 Å². The Morgan fingerprint density at radius 1 is 1.25 bits per heavy atom. The first kappa shape index (κ1) is 14.3. The summed E-state index contributed by atoms with van der Waals surface area (Å²) < 4.78 is 0. The van der Waals surface area contributed by atoms with Crippen molar-refractivity contribution in [1.82, 2.24) is 15.0 Å². The molecule has 0 spiro atoms. The summed E-state index contributed by atoms with van der Waals surface area (Å²) in [5.41, 5.74) is 0. The van der Waals surface area contributed by atoms with Crippen molar-refractivity contribution in [2.24, 2.45) is 0 Å². The normalized spacial score (nSPS) is 13.7. The minimum atomic E-state index is 0.468. The predicted octanol–water partition coefficient (Wildman–Crippen LogP) is 1.25. The van der Waals surface area contributed by atoms with Crippen LogP contribution < -0.4 is 15.1 Å². The van der Waals surface area contributed by atoms with Crippen LogP contribution in [0.3, 0.4) is 0 Å². The summed E-state index contributed by atoms with van der Waals surface area (Å²) >= 11 is 0. The van der Waals surface area contributed by atoms with Gasteiger partial charge in [-0.25, -0.2) is 0 Å². The fourth-order valence-corrected chi connectivity index (χ4v) is 1.92. The van der Waals surface area contributed by atoms with Crippen LogP contribution in [-0.4, -0.2) is 48.2 Å². The number of anilines is 3. The van der Waals surface area contributed by atoms with Crippen LogP contribution in [0.4, 0.5) is 17.8 Å². The van der Waals surface area contributed by atoms with Gasteiger partial charge in [-0.3, -0.25) is 0 Å². The lowest BCUT2D eigenvalue weighted by Gasteiger charge is -2.23. The standard InChI is InChI=1S/C13H21N7/c1-4-15-11-16-12(19(2)3)18-13(17-11)20(9-5-8-14)10-6-7-10/h10H,4-7,9H2,1-3H3,(H,15,16,17,18). The van der Waals surface area contributed by atoms with E-state index in [2.05, 4.69) is 31.2 Å². The summed E-state index contributed by atoms with van der Waals surface area (Å²) in [6.45, 7) is 3.44. The first-order chi connectivity index (χ1) is 9.65. The second kappa shape index (κ2) is 6.37. The van der Waals surface area contributed by atoms with Gasteiger partial charge in [0.2, 0.25) is 17.8 Å². The quantitative estimate of drug-likeness (QED) is 0.802. The van der Waals surface area contributed by atoms with Crippen molar-refractivity contribution in [2.75, 3.05) is 42.3 Å². The van der Waals surface area contributed by atoms with Crippen molar-refractivity contribution < 1.29 is 0 Å². The maximum atomic E-state index is 8.80. The van der Waals surface area contributed by atoms with E-state index < -0.39 is 0 Å². The third-order valence-electron chi connectivity index (χ3n) is 3.06. The monoisotopic (exact) mass is 275 g/mol. The molecule has 1 fully saturated rings. The lowest BCUT2D eigenvalue weighted by Crippen LogP contribution is -2.30. The predicted molar refractivity (Wildman–Crippen MR) is 78.9 cm³/mol. The van der Waals surface area contributed by atoms with Gasteiger partial charge in [-0.15, -0.1) is 0 Å². The van der Waals surface area contributed by atoms with Crippen LogP contribution in [-0.2, 0) is 0 Å². The highest BCUT2D eigenvalue weighted by molar-refractivity contribution is 5.46. The Hall–Kier alpha value is -2.10. The molecule has 2 rings (SSSR count). The molecular formula is C13H21N7. The van der Waals surface area contributed by atoms with Gasteiger partial charge in [0.1, 0.15) is 0 Å². The molecule has 1 aliphatic carbocycles. The van der Waals surface area contributed by atoms with E-state index in [1.165, 1.54) is 0 Å². The molecule has 108 valence electrons. The molecule has 1 saturated carbocycles. The van der Waals surface area contributed by atoms with Gasteiger partial charge >= 0.3 is 0 Å².